The van der Waals surface area contributed by atoms with Crippen LogP contribution in [0.2, 0.25) is 0 Å². The minimum atomic E-state index is -0.287. The fraction of sp³-hybridized carbons (Fsp3) is 0.214. The number of nitrogens with zero attached hydrogens (tertiary/aromatic N) is 1. The lowest BCUT2D eigenvalue weighted by molar-refractivity contribution is 0.392. The summed E-state index contributed by atoms with van der Waals surface area (Å²) >= 11 is 5.78. The van der Waals surface area contributed by atoms with Crippen molar-refractivity contribution in [3.8, 4) is 0 Å². The van der Waals surface area contributed by atoms with Crippen molar-refractivity contribution in [3.05, 3.63) is 117 Å². The molecule has 0 bridgehead atoms. The van der Waals surface area contributed by atoms with Gasteiger partial charge in [-0.2, -0.15) is 0 Å². The second kappa shape index (κ2) is 10.2. The molecule has 0 aliphatic rings. The van der Waals surface area contributed by atoms with E-state index in [1.807, 2.05) is 62.1 Å². The third kappa shape index (κ3) is 5.51. The summed E-state index contributed by atoms with van der Waals surface area (Å²) in [6, 6.07) is 22.5. The molecule has 0 radical (unpaired) electrons. The van der Waals surface area contributed by atoms with Gasteiger partial charge < -0.3 is 15.2 Å². The van der Waals surface area contributed by atoms with Crippen LogP contribution in [0.5, 0.6) is 0 Å². The topological polar surface area (TPSA) is 48.1 Å². The lowest BCUT2D eigenvalue weighted by atomic mass is 10.0. The van der Waals surface area contributed by atoms with E-state index in [0.29, 0.717) is 23.8 Å². The molecule has 0 spiro atoms. The van der Waals surface area contributed by atoms with E-state index < -0.39 is 0 Å². The first-order valence-corrected chi connectivity index (χ1v) is 11.7. The Morgan fingerprint density at radius 2 is 1.74 bits per heavy atom. The van der Waals surface area contributed by atoms with Gasteiger partial charge in [0.15, 0.2) is 5.11 Å². The Balaban J connectivity index is 1.65. The Bertz CT molecular complexity index is 1370. The van der Waals surface area contributed by atoms with Crippen LogP contribution in [0.3, 0.4) is 0 Å². The van der Waals surface area contributed by atoms with Gasteiger partial charge in [0.2, 0.25) is 0 Å². The predicted octanol–water partition coefficient (Wildman–Crippen LogP) is 5.92. The van der Waals surface area contributed by atoms with Gasteiger partial charge in [-0.1, -0.05) is 54.1 Å². The molecule has 0 amide bonds. The Kier molecular flexibility index (Phi) is 7.08. The highest BCUT2D eigenvalue weighted by Gasteiger charge is 2.17. The van der Waals surface area contributed by atoms with Gasteiger partial charge in [-0.3, -0.25) is 4.79 Å². The number of H-pyrrole nitrogens is 1. The summed E-state index contributed by atoms with van der Waals surface area (Å²) in [7, 11) is 0. The van der Waals surface area contributed by atoms with Crippen LogP contribution in [0.25, 0.3) is 10.9 Å². The first-order chi connectivity index (χ1) is 16.3. The minimum absolute atomic E-state index is 0.00963. The zero-order chi connectivity index (χ0) is 24.2. The summed E-state index contributed by atoms with van der Waals surface area (Å²) in [6.45, 7) is 6.85. The number of rotatable bonds is 6. The van der Waals surface area contributed by atoms with Crippen LogP contribution in [0.1, 0.15) is 40.8 Å². The zero-order valence-electron chi connectivity index (χ0n) is 19.6. The maximum absolute atomic E-state index is 13.5. The van der Waals surface area contributed by atoms with Crippen molar-refractivity contribution in [1.82, 2.24) is 15.2 Å². The first-order valence-electron chi connectivity index (χ1n) is 11.3. The molecule has 1 atom stereocenters. The Hall–Kier alpha value is -3.51. The number of hydrogen-bond acceptors (Lipinski definition) is 2. The van der Waals surface area contributed by atoms with Crippen LogP contribution in [0.15, 0.2) is 77.6 Å². The van der Waals surface area contributed by atoms with Crippen molar-refractivity contribution in [1.29, 1.82) is 0 Å². The Morgan fingerprint density at radius 3 is 2.44 bits per heavy atom. The average Bonchev–Trinajstić information content (AvgIpc) is 2.81. The van der Waals surface area contributed by atoms with Crippen LogP contribution in [0.4, 0.5) is 4.39 Å². The minimum Gasteiger partial charge on any atom is -0.356 e. The van der Waals surface area contributed by atoms with E-state index in [9.17, 15) is 9.18 Å². The SMILES string of the molecule is Cc1cc(C)c2[nH]c(=O)c(CN(Cc3ccc(F)cc3)C(=S)N[C@@H](C)c3ccccc3)cc2c1. The highest BCUT2D eigenvalue weighted by molar-refractivity contribution is 7.80. The number of nitrogens with one attached hydrogen (secondary N) is 2. The quantitative estimate of drug-likeness (QED) is 0.341. The number of pyridine rings is 1. The third-order valence-corrected chi connectivity index (χ3v) is 6.32. The van der Waals surface area contributed by atoms with Gasteiger partial charge in [0.1, 0.15) is 5.82 Å². The predicted molar refractivity (Wildman–Crippen MR) is 140 cm³/mol. The van der Waals surface area contributed by atoms with E-state index in [2.05, 4.69) is 22.4 Å². The maximum atomic E-state index is 13.5. The van der Waals surface area contributed by atoms with Gasteiger partial charge in [0.05, 0.1) is 18.1 Å². The fourth-order valence-electron chi connectivity index (χ4n) is 4.17. The number of aryl methyl sites for hydroxylation is 2. The van der Waals surface area contributed by atoms with E-state index >= 15 is 0 Å². The molecule has 0 unspecified atom stereocenters. The molecule has 0 fully saturated rings. The summed E-state index contributed by atoms with van der Waals surface area (Å²) in [5.74, 6) is -0.287. The molecule has 34 heavy (non-hydrogen) atoms. The summed E-state index contributed by atoms with van der Waals surface area (Å²) < 4.78 is 13.5. The zero-order valence-corrected chi connectivity index (χ0v) is 20.4. The largest absolute Gasteiger partial charge is 0.356 e. The second-order valence-corrected chi connectivity index (χ2v) is 9.12. The number of halogens is 1. The van der Waals surface area contributed by atoms with E-state index in [0.717, 1.165) is 33.2 Å². The summed E-state index contributed by atoms with van der Waals surface area (Å²) in [6.07, 6.45) is 0. The number of thiocarbonyl (C=S) groups is 1. The number of aromatic nitrogens is 1. The monoisotopic (exact) mass is 473 g/mol. The third-order valence-electron chi connectivity index (χ3n) is 5.94. The van der Waals surface area contributed by atoms with Crippen LogP contribution >= 0.6 is 12.2 Å². The molecule has 0 aliphatic carbocycles. The molecule has 0 saturated heterocycles. The van der Waals surface area contributed by atoms with Gasteiger partial charge in [0, 0.05) is 12.1 Å². The van der Waals surface area contributed by atoms with Crippen molar-refractivity contribution in [2.75, 3.05) is 0 Å². The standard InChI is InChI=1S/C28H28FN3OS/c1-18-13-19(2)26-23(14-18)15-24(27(33)31-26)17-32(16-21-9-11-25(29)12-10-21)28(34)30-20(3)22-7-5-4-6-8-22/h4-15,20H,16-17H2,1-3H3,(H,30,34)(H,31,33)/t20-/m0/s1. The van der Waals surface area contributed by atoms with Crippen molar-refractivity contribution in [2.24, 2.45) is 0 Å². The van der Waals surface area contributed by atoms with Crippen molar-refractivity contribution in [2.45, 2.75) is 39.9 Å². The van der Waals surface area contributed by atoms with Gasteiger partial charge in [0.25, 0.3) is 5.56 Å². The molecule has 6 heteroatoms. The molecule has 2 N–H and O–H groups in total. The lowest BCUT2D eigenvalue weighted by Gasteiger charge is -2.28. The molecule has 4 aromatic rings. The molecule has 4 nitrogen and oxygen atoms in total. The molecule has 3 aromatic carbocycles. The van der Waals surface area contributed by atoms with Crippen LogP contribution in [-0.4, -0.2) is 15.0 Å². The smallest absolute Gasteiger partial charge is 0.253 e. The van der Waals surface area contributed by atoms with E-state index in [1.165, 1.54) is 12.1 Å². The van der Waals surface area contributed by atoms with Gasteiger partial charge in [-0.15, -0.1) is 0 Å². The summed E-state index contributed by atoms with van der Waals surface area (Å²) in [4.78, 5) is 18.0. The lowest BCUT2D eigenvalue weighted by Crippen LogP contribution is -2.41. The maximum Gasteiger partial charge on any atom is 0.253 e. The Labute approximate surface area is 204 Å². The first kappa shape index (κ1) is 23.6. The Morgan fingerprint density at radius 1 is 1.03 bits per heavy atom. The molecule has 0 saturated carbocycles. The molecular weight excluding hydrogens is 445 g/mol. The second-order valence-electron chi connectivity index (χ2n) is 8.73. The van der Waals surface area contributed by atoms with Crippen LogP contribution < -0.4 is 10.9 Å². The number of hydrogen-bond donors (Lipinski definition) is 2. The van der Waals surface area contributed by atoms with Crippen molar-refractivity contribution in [3.63, 3.8) is 0 Å². The molecular formula is C28H28FN3OS. The highest BCUT2D eigenvalue weighted by Crippen LogP contribution is 2.20. The van der Waals surface area contributed by atoms with E-state index in [1.54, 1.807) is 12.1 Å². The number of benzene rings is 3. The van der Waals surface area contributed by atoms with E-state index in [-0.39, 0.29) is 17.4 Å². The van der Waals surface area contributed by atoms with E-state index in [4.69, 9.17) is 12.2 Å². The van der Waals surface area contributed by atoms with Crippen molar-refractivity contribution < 1.29 is 4.39 Å². The van der Waals surface area contributed by atoms with Crippen LogP contribution in [0, 0.1) is 19.7 Å². The highest BCUT2D eigenvalue weighted by atomic mass is 32.1. The van der Waals surface area contributed by atoms with Crippen molar-refractivity contribution >= 4 is 28.2 Å². The number of fused-ring (bicyclic) bond motifs is 1. The molecule has 1 heterocycles. The molecule has 0 aliphatic heterocycles. The normalized spacial score (nSPS) is 11.9. The number of aromatic amines is 1. The molecule has 1 aromatic heterocycles. The summed E-state index contributed by atoms with van der Waals surface area (Å²) in [5, 5.41) is 4.91. The summed E-state index contributed by atoms with van der Waals surface area (Å²) in [5.41, 5.74) is 5.53. The van der Waals surface area contributed by atoms with Crippen LogP contribution in [-0.2, 0) is 13.1 Å². The molecule has 174 valence electrons. The fourth-order valence-corrected chi connectivity index (χ4v) is 4.47. The molecule has 4 rings (SSSR count). The average molecular weight is 474 g/mol. The van der Waals surface area contributed by atoms with Gasteiger partial charge in [-0.25, -0.2) is 4.39 Å². The van der Waals surface area contributed by atoms with Gasteiger partial charge in [-0.05, 0) is 79.3 Å². The van der Waals surface area contributed by atoms with Gasteiger partial charge >= 0.3 is 0 Å².